The van der Waals surface area contributed by atoms with Crippen LogP contribution in [0.4, 0.5) is 4.79 Å². The van der Waals surface area contributed by atoms with Gasteiger partial charge in [0.05, 0.1) is 10.9 Å². The summed E-state index contributed by atoms with van der Waals surface area (Å²) in [6.45, 7) is 3.77. The van der Waals surface area contributed by atoms with Crippen molar-refractivity contribution in [3.05, 3.63) is 65.2 Å². The second-order valence-corrected chi connectivity index (χ2v) is 13.4. The molecule has 0 aliphatic carbocycles. The molecular formula is C30H40ClN3O4S. The lowest BCUT2D eigenvalue weighted by molar-refractivity contribution is 0.0451. The maximum Gasteiger partial charge on any atom is 0.409 e. The van der Waals surface area contributed by atoms with Crippen molar-refractivity contribution in [2.45, 2.75) is 80.8 Å². The molecule has 3 fully saturated rings. The van der Waals surface area contributed by atoms with E-state index >= 15 is 0 Å². The second kappa shape index (κ2) is 13.0. The van der Waals surface area contributed by atoms with E-state index in [0.29, 0.717) is 37.0 Å². The number of halogens is 1. The van der Waals surface area contributed by atoms with Gasteiger partial charge in [0.2, 0.25) is 10.0 Å². The van der Waals surface area contributed by atoms with Gasteiger partial charge in [0.15, 0.2) is 0 Å². The molecule has 7 nitrogen and oxygen atoms in total. The average Bonchev–Trinajstić information content (AvgIpc) is 2.97. The predicted molar refractivity (Wildman–Crippen MR) is 153 cm³/mol. The van der Waals surface area contributed by atoms with E-state index < -0.39 is 16.1 Å². The number of rotatable bonds is 7. The summed E-state index contributed by atoms with van der Waals surface area (Å²) >= 11 is 6.05. The number of piperidine rings is 3. The Labute approximate surface area is 238 Å². The van der Waals surface area contributed by atoms with Crippen LogP contribution in [0, 0.1) is 0 Å². The van der Waals surface area contributed by atoms with Gasteiger partial charge < -0.3 is 14.5 Å². The van der Waals surface area contributed by atoms with E-state index in [1.54, 1.807) is 33.5 Å². The molecule has 0 bridgehead atoms. The molecule has 2 aromatic rings. The first-order chi connectivity index (χ1) is 18.9. The highest BCUT2D eigenvalue weighted by Crippen LogP contribution is 2.33. The van der Waals surface area contributed by atoms with Gasteiger partial charge in [-0.05, 0) is 87.9 Å². The van der Waals surface area contributed by atoms with E-state index in [2.05, 4.69) is 4.90 Å². The van der Waals surface area contributed by atoms with Gasteiger partial charge in [0.1, 0.15) is 6.61 Å². The van der Waals surface area contributed by atoms with Crippen LogP contribution in [0.25, 0.3) is 0 Å². The van der Waals surface area contributed by atoms with E-state index in [9.17, 15) is 13.2 Å². The minimum absolute atomic E-state index is 0.0585. The quantitative estimate of drug-likeness (QED) is 0.432. The molecule has 0 N–H and O–H groups in total. The van der Waals surface area contributed by atoms with Crippen molar-refractivity contribution in [2.75, 3.05) is 32.8 Å². The molecule has 3 heterocycles. The molecule has 0 saturated carbocycles. The van der Waals surface area contributed by atoms with Crippen LogP contribution in [0.1, 0.15) is 56.9 Å². The number of carbonyl (C=O) groups is 1. The zero-order chi connectivity index (χ0) is 27.2. The lowest BCUT2D eigenvalue weighted by Gasteiger charge is -2.42. The number of amides is 1. The van der Waals surface area contributed by atoms with Crippen LogP contribution in [0.2, 0.25) is 5.02 Å². The molecule has 2 atom stereocenters. The third kappa shape index (κ3) is 6.96. The molecule has 2 aromatic carbocycles. The summed E-state index contributed by atoms with van der Waals surface area (Å²) in [4.78, 5) is 17.7. The number of benzene rings is 2. The molecule has 0 unspecified atom stereocenters. The summed E-state index contributed by atoms with van der Waals surface area (Å²) in [7, 11) is -3.83. The molecule has 3 aliphatic heterocycles. The fourth-order valence-corrected chi connectivity index (χ4v) is 8.43. The van der Waals surface area contributed by atoms with E-state index in [0.717, 1.165) is 31.2 Å². The Morgan fingerprint density at radius 1 is 0.821 bits per heavy atom. The van der Waals surface area contributed by atoms with Crippen molar-refractivity contribution < 1.29 is 17.9 Å². The van der Waals surface area contributed by atoms with Crippen molar-refractivity contribution in [1.82, 2.24) is 14.1 Å². The maximum atomic E-state index is 14.0. The largest absolute Gasteiger partial charge is 0.448 e. The van der Waals surface area contributed by atoms with Crippen molar-refractivity contribution in [3.63, 3.8) is 0 Å². The third-order valence-corrected chi connectivity index (χ3v) is 10.8. The van der Waals surface area contributed by atoms with Crippen LogP contribution in [0.15, 0.2) is 59.5 Å². The Kier molecular flexibility index (Phi) is 9.48. The molecule has 0 aromatic heterocycles. The fourth-order valence-electron chi connectivity index (χ4n) is 6.45. The number of hydrogen-bond acceptors (Lipinski definition) is 5. The third-order valence-electron chi connectivity index (χ3n) is 8.53. The number of likely N-dealkylation sites (tertiary alicyclic amines) is 2. The minimum atomic E-state index is -3.83. The molecule has 5 rings (SSSR count). The number of sulfonamides is 1. The Bertz CT molecular complexity index is 1180. The first-order valence-electron chi connectivity index (χ1n) is 14.4. The number of ether oxygens (including phenoxy) is 1. The number of carbonyl (C=O) groups excluding carboxylic acids is 1. The zero-order valence-electron chi connectivity index (χ0n) is 22.6. The van der Waals surface area contributed by atoms with Crippen LogP contribution >= 0.6 is 11.6 Å². The summed E-state index contributed by atoms with van der Waals surface area (Å²) in [5.74, 6) is 0. The summed E-state index contributed by atoms with van der Waals surface area (Å²) < 4.78 is 35.4. The Balaban J connectivity index is 1.26. The van der Waals surface area contributed by atoms with Crippen LogP contribution in [0.5, 0.6) is 0 Å². The molecular weight excluding hydrogens is 534 g/mol. The molecule has 0 spiro atoms. The smallest absolute Gasteiger partial charge is 0.409 e. The van der Waals surface area contributed by atoms with E-state index in [-0.39, 0.29) is 23.6 Å². The van der Waals surface area contributed by atoms with Gasteiger partial charge in [-0.3, -0.25) is 0 Å². The lowest BCUT2D eigenvalue weighted by Crippen LogP contribution is -2.53. The van der Waals surface area contributed by atoms with Crippen molar-refractivity contribution >= 4 is 27.7 Å². The first-order valence-corrected chi connectivity index (χ1v) is 16.2. The topological polar surface area (TPSA) is 70.2 Å². The van der Waals surface area contributed by atoms with Gasteiger partial charge in [0.25, 0.3) is 0 Å². The number of nitrogens with zero attached hydrogens (tertiary/aromatic N) is 3. The second-order valence-electron chi connectivity index (χ2n) is 11.1. The van der Waals surface area contributed by atoms with Crippen molar-refractivity contribution in [1.29, 1.82) is 0 Å². The molecule has 3 aliphatic rings. The monoisotopic (exact) mass is 573 g/mol. The summed E-state index contributed by atoms with van der Waals surface area (Å²) in [6.07, 6.45) is 8.37. The molecule has 0 radical (unpaired) electrons. The molecule has 9 heteroatoms. The Morgan fingerprint density at radius 3 is 2.18 bits per heavy atom. The molecule has 39 heavy (non-hydrogen) atoms. The average molecular weight is 574 g/mol. The standard InChI is InChI=1S/C30H40ClN3O4S/c31-25-12-14-29(15-13-25)39(36,37)34-27(22-24-8-3-1-4-9-24)10-7-11-28(34)23-38-30(35)33-20-16-26(17-21-33)32-18-5-2-6-19-32/h1,3-4,8-9,12-15,26-28H,2,5-7,10-11,16-23H2/t27-,28+/m0/s1. The van der Waals surface area contributed by atoms with Gasteiger partial charge in [-0.15, -0.1) is 0 Å². The fraction of sp³-hybridized carbons (Fsp3) is 0.567. The SMILES string of the molecule is O=C(OC[C@H]1CCC[C@@H](Cc2ccccc2)N1S(=O)(=O)c1ccc(Cl)cc1)N1CCC(N2CCCCC2)CC1. The highest BCUT2D eigenvalue weighted by atomic mass is 35.5. The van der Waals surface area contributed by atoms with Gasteiger partial charge in [-0.1, -0.05) is 54.8 Å². The van der Waals surface area contributed by atoms with E-state index in [1.807, 2.05) is 30.3 Å². The summed E-state index contributed by atoms with van der Waals surface area (Å²) in [5, 5.41) is 0.489. The lowest BCUT2D eigenvalue weighted by atomic mass is 9.94. The van der Waals surface area contributed by atoms with E-state index in [1.165, 1.54) is 32.4 Å². The maximum absolute atomic E-state index is 14.0. The Morgan fingerprint density at radius 2 is 1.49 bits per heavy atom. The Hall–Kier alpha value is -2.13. The van der Waals surface area contributed by atoms with Gasteiger partial charge in [0, 0.05) is 30.2 Å². The highest BCUT2D eigenvalue weighted by Gasteiger charge is 2.41. The summed E-state index contributed by atoms with van der Waals surface area (Å²) in [6, 6.07) is 16.2. The van der Waals surface area contributed by atoms with Gasteiger partial charge >= 0.3 is 6.09 Å². The first kappa shape index (κ1) is 28.4. The van der Waals surface area contributed by atoms with Gasteiger partial charge in [-0.2, -0.15) is 4.31 Å². The molecule has 1 amide bonds. The molecule has 212 valence electrons. The minimum Gasteiger partial charge on any atom is -0.448 e. The van der Waals surface area contributed by atoms with Gasteiger partial charge in [-0.25, -0.2) is 13.2 Å². The highest BCUT2D eigenvalue weighted by molar-refractivity contribution is 7.89. The predicted octanol–water partition coefficient (Wildman–Crippen LogP) is 5.58. The van der Waals surface area contributed by atoms with Crippen molar-refractivity contribution in [2.24, 2.45) is 0 Å². The van der Waals surface area contributed by atoms with Crippen LogP contribution in [-0.2, 0) is 21.2 Å². The van der Waals surface area contributed by atoms with Crippen LogP contribution in [0.3, 0.4) is 0 Å². The van der Waals surface area contributed by atoms with E-state index in [4.69, 9.17) is 16.3 Å². The normalized spacial score (nSPS) is 24.0. The zero-order valence-corrected chi connectivity index (χ0v) is 24.2. The van der Waals surface area contributed by atoms with Crippen LogP contribution < -0.4 is 0 Å². The number of hydrogen-bond donors (Lipinski definition) is 0. The molecule has 3 saturated heterocycles. The summed E-state index contributed by atoms with van der Waals surface area (Å²) in [5.41, 5.74) is 1.09. The van der Waals surface area contributed by atoms with Crippen LogP contribution in [-0.4, -0.2) is 79.5 Å². The van der Waals surface area contributed by atoms with Crippen molar-refractivity contribution in [3.8, 4) is 0 Å².